The van der Waals surface area contributed by atoms with Crippen LogP contribution in [0.1, 0.15) is 57.2 Å². The molecule has 2 N–H and O–H groups in total. The first-order chi connectivity index (χ1) is 9.69. The van der Waals surface area contributed by atoms with E-state index in [4.69, 9.17) is 0 Å². The van der Waals surface area contributed by atoms with E-state index in [9.17, 15) is 5.11 Å². The third-order valence-corrected chi connectivity index (χ3v) is 5.42. The molecule has 20 heavy (non-hydrogen) atoms. The third kappa shape index (κ3) is 2.75. The molecule has 2 aliphatic carbocycles. The molecule has 2 aliphatic rings. The predicted molar refractivity (Wildman–Crippen MR) is 80.3 cm³/mol. The van der Waals surface area contributed by atoms with Gasteiger partial charge >= 0.3 is 0 Å². The molecular formula is C17H26N2O. The first-order valence-corrected chi connectivity index (χ1v) is 8.06. The SMILES string of the molecule is CC1CCCC1(O)CNC(c1ccccn1)C1CCC1. The van der Waals surface area contributed by atoms with Crippen LogP contribution in [0.25, 0.3) is 0 Å². The van der Waals surface area contributed by atoms with Crippen molar-refractivity contribution in [2.75, 3.05) is 6.54 Å². The molecule has 3 atom stereocenters. The highest BCUT2D eigenvalue weighted by atomic mass is 16.3. The van der Waals surface area contributed by atoms with Crippen LogP contribution in [0.3, 0.4) is 0 Å². The fraction of sp³-hybridized carbons (Fsp3) is 0.706. The van der Waals surface area contributed by atoms with Gasteiger partial charge in [-0.25, -0.2) is 0 Å². The van der Waals surface area contributed by atoms with Crippen LogP contribution in [-0.4, -0.2) is 22.2 Å². The van der Waals surface area contributed by atoms with E-state index >= 15 is 0 Å². The molecule has 2 saturated carbocycles. The van der Waals surface area contributed by atoms with E-state index in [0.29, 0.717) is 24.4 Å². The summed E-state index contributed by atoms with van der Waals surface area (Å²) in [7, 11) is 0. The highest BCUT2D eigenvalue weighted by Gasteiger charge is 2.39. The van der Waals surface area contributed by atoms with Gasteiger partial charge in [0, 0.05) is 12.7 Å². The predicted octanol–water partition coefficient (Wildman–Crippen LogP) is 3.06. The largest absolute Gasteiger partial charge is 0.388 e. The zero-order chi connectivity index (χ0) is 14.0. The van der Waals surface area contributed by atoms with Crippen molar-refractivity contribution in [3.63, 3.8) is 0 Å². The lowest BCUT2D eigenvalue weighted by molar-refractivity contribution is 0.00383. The zero-order valence-corrected chi connectivity index (χ0v) is 12.4. The monoisotopic (exact) mass is 274 g/mol. The molecule has 0 amide bonds. The van der Waals surface area contributed by atoms with Crippen molar-refractivity contribution in [2.24, 2.45) is 11.8 Å². The molecule has 3 unspecified atom stereocenters. The molecule has 1 aromatic rings. The van der Waals surface area contributed by atoms with E-state index in [2.05, 4.69) is 29.4 Å². The molecule has 0 radical (unpaired) electrons. The molecule has 110 valence electrons. The molecular weight excluding hydrogens is 248 g/mol. The van der Waals surface area contributed by atoms with Gasteiger partial charge in [0.1, 0.15) is 0 Å². The average Bonchev–Trinajstić information content (AvgIpc) is 2.74. The van der Waals surface area contributed by atoms with Crippen molar-refractivity contribution >= 4 is 0 Å². The number of nitrogens with one attached hydrogen (secondary N) is 1. The molecule has 0 aliphatic heterocycles. The molecule has 0 spiro atoms. The minimum atomic E-state index is -0.517. The number of rotatable bonds is 5. The quantitative estimate of drug-likeness (QED) is 0.867. The number of nitrogens with zero attached hydrogens (tertiary/aromatic N) is 1. The van der Waals surface area contributed by atoms with E-state index in [0.717, 1.165) is 25.0 Å². The normalized spacial score (nSPS) is 32.0. The summed E-state index contributed by atoms with van der Waals surface area (Å²) in [6, 6.07) is 6.44. The van der Waals surface area contributed by atoms with Gasteiger partial charge in [0.25, 0.3) is 0 Å². The maximum atomic E-state index is 10.7. The number of aromatic nitrogens is 1. The molecule has 3 nitrogen and oxygen atoms in total. The second kappa shape index (κ2) is 5.82. The lowest BCUT2D eigenvalue weighted by Gasteiger charge is -2.37. The molecule has 3 rings (SSSR count). The van der Waals surface area contributed by atoms with Gasteiger partial charge in [-0.15, -0.1) is 0 Å². The van der Waals surface area contributed by atoms with E-state index in [1.165, 1.54) is 19.3 Å². The fourth-order valence-corrected chi connectivity index (χ4v) is 3.62. The van der Waals surface area contributed by atoms with Gasteiger partial charge in [0.2, 0.25) is 0 Å². The summed E-state index contributed by atoms with van der Waals surface area (Å²) in [4.78, 5) is 4.52. The Bertz CT molecular complexity index is 432. The van der Waals surface area contributed by atoms with Crippen LogP contribution < -0.4 is 5.32 Å². The van der Waals surface area contributed by atoms with Crippen LogP contribution in [0, 0.1) is 11.8 Å². The fourth-order valence-electron chi connectivity index (χ4n) is 3.62. The highest BCUT2D eigenvalue weighted by Crippen LogP contribution is 2.39. The molecule has 0 aromatic carbocycles. The Labute approximate surface area is 121 Å². The van der Waals surface area contributed by atoms with Crippen LogP contribution >= 0.6 is 0 Å². The Hall–Kier alpha value is -0.930. The number of pyridine rings is 1. The molecule has 1 heterocycles. The Morgan fingerprint density at radius 1 is 1.35 bits per heavy atom. The highest BCUT2D eigenvalue weighted by molar-refractivity contribution is 5.11. The summed E-state index contributed by atoms with van der Waals surface area (Å²) >= 11 is 0. The third-order valence-electron chi connectivity index (χ3n) is 5.42. The number of aliphatic hydroxyl groups is 1. The van der Waals surface area contributed by atoms with Crippen molar-refractivity contribution in [3.05, 3.63) is 30.1 Å². The first kappa shape index (κ1) is 14.0. The van der Waals surface area contributed by atoms with E-state index in [-0.39, 0.29) is 0 Å². The maximum Gasteiger partial charge on any atom is 0.0797 e. The Morgan fingerprint density at radius 3 is 2.75 bits per heavy atom. The minimum absolute atomic E-state index is 0.307. The summed E-state index contributed by atoms with van der Waals surface area (Å²) in [6.07, 6.45) is 8.99. The molecule has 0 bridgehead atoms. The molecule has 3 heteroatoms. The standard InChI is InChI=1S/C17H26N2O/c1-13-6-5-10-17(13,20)12-19-16(14-7-4-8-14)15-9-2-3-11-18-15/h2-3,9,11,13-14,16,19-20H,4-8,10,12H2,1H3. The summed E-state index contributed by atoms with van der Waals surface area (Å²) in [6.45, 7) is 2.87. The Balaban J connectivity index is 1.68. The summed E-state index contributed by atoms with van der Waals surface area (Å²) in [5.74, 6) is 1.09. The summed E-state index contributed by atoms with van der Waals surface area (Å²) in [5.41, 5.74) is 0.614. The summed E-state index contributed by atoms with van der Waals surface area (Å²) in [5, 5.41) is 14.4. The molecule has 0 saturated heterocycles. The van der Waals surface area contributed by atoms with E-state index < -0.39 is 5.60 Å². The van der Waals surface area contributed by atoms with Crippen molar-refractivity contribution < 1.29 is 5.11 Å². The van der Waals surface area contributed by atoms with Crippen molar-refractivity contribution in [1.82, 2.24) is 10.3 Å². The molecule has 1 aromatic heterocycles. The van der Waals surface area contributed by atoms with Crippen molar-refractivity contribution in [3.8, 4) is 0 Å². The Morgan fingerprint density at radius 2 is 2.20 bits per heavy atom. The van der Waals surface area contributed by atoms with Crippen molar-refractivity contribution in [1.29, 1.82) is 0 Å². The second-order valence-corrected chi connectivity index (χ2v) is 6.70. The first-order valence-electron chi connectivity index (χ1n) is 8.06. The van der Waals surface area contributed by atoms with Crippen LogP contribution in [-0.2, 0) is 0 Å². The lowest BCUT2D eigenvalue weighted by atomic mass is 9.78. The van der Waals surface area contributed by atoms with Crippen LogP contribution in [0.4, 0.5) is 0 Å². The van der Waals surface area contributed by atoms with Gasteiger partial charge in [0.05, 0.1) is 17.3 Å². The maximum absolute atomic E-state index is 10.7. The number of hydrogen-bond donors (Lipinski definition) is 2. The van der Waals surface area contributed by atoms with Crippen molar-refractivity contribution in [2.45, 2.75) is 57.1 Å². The van der Waals surface area contributed by atoms with Gasteiger partial charge in [-0.3, -0.25) is 4.98 Å². The van der Waals surface area contributed by atoms with Gasteiger partial charge in [0.15, 0.2) is 0 Å². The van der Waals surface area contributed by atoms with Gasteiger partial charge in [-0.05, 0) is 49.7 Å². The Kier molecular flexibility index (Phi) is 4.08. The molecule has 2 fully saturated rings. The van der Waals surface area contributed by atoms with Gasteiger partial charge in [-0.2, -0.15) is 0 Å². The van der Waals surface area contributed by atoms with E-state index in [1.807, 2.05) is 12.3 Å². The topological polar surface area (TPSA) is 45.1 Å². The average molecular weight is 274 g/mol. The zero-order valence-electron chi connectivity index (χ0n) is 12.4. The smallest absolute Gasteiger partial charge is 0.0797 e. The number of hydrogen-bond acceptors (Lipinski definition) is 3. The minimum Gasteiger partial charge on any atom is -0.388 e. The summed E-state index contributed by atoms with van der Waals surface area (Å²) < 4.78 is 0. The van der Waals surface area contributed by atoms with Gasteiger partial charge < -0.3 is 10.4 Å². The van der Waals surface area contributed by atoms with Gasteiger partial charge in [-0.1, -0.05) is 25.8 Å². The lowest BCUT2D eigenvalue weighted by Crippen LogP contribution is -2.46. The van der Waals surface area contributed by atoms with Crippen LogP contribution in [0.5, 0.6) is 0 Å². The van der Waals surface area contributed by atoms with Crippen LogP contribution in [0.15, 0.2) is 24.4 Å². The second-order valence-electron chi connectivity index (χ2n) is 6.70. The van der Waals surface area contributed by atoms with E-state index in [1.54, 1.807) is 0 Å². The van der Waals surface area contributed by atoms with Crippen LogP contribution in [0.2, 0.25) is 0 Å².